The summed E-state index contributed by atoms with van der Waals surface area (Å²) in [4.78, 5) is 26.1. The third-order valence-electron chi connectivity index (χ3n) is 5.19. The summed E-state index contributed by atoms with van der Waals surface area (Å²) in [5.74, 6) is -3.30. The Labute approximate surface area is 183 Å². The van der Waals surface area contributed by atoms with Crippen molar-refractivity contribution in [2.45, 2.75) is 19.4 Å². The normalized spacial score (nSPS) is 16.0. The molecular formula is C21H20ClF2NO5S. The molecule has 0 aliphatic carbocycles. The number of sulfone groups is 1. The number of amides is 1. The first-order chi connectivity index (χ1) is 14.6. The molecule has 0 N–H and O–H groups in total. The minimum atomic E-state index is -3.18. The molecule has 0 saturated carbocycles. The van der Waals surface area contributed by atoms with E-state index in [2.05, 4.69) is 4.74 Å². The fourth-order valence-corrected chi connectivity index (χ4v) is 5.06. The van der Waals surface area contributed by atoms with Crippen molar-refractivity contribution in [2.24, 2.45) is 5.92 Å². The minimum Gasteiger partial charge on any atom is -0.465 e. The first-order valence-corrected chi connectivity index (χ1v) is 11.6. The van der Waals surface area contributed by atoms with Crippen LogP contribution in [0.1, 0.15) is 28.8 Å². The van der Waals surface area contributed by atoms with Crippen LogP contribution in [-0.4, -0.2) is 38.9 Å². The molecule has 2 aromatic rings. The molecule has 1 aliphatic heterocycles. The Morgan fingerprint density at radius 2 is 1.77 bits per heavy atom. The van der Waals surface area contributed by atoms with E-state index in [0.29, 0.717) is 0 Å². The minimum absolute atomic E-state index is 0.0175. The van der Waals surface area contributed by atoms with Gasteiger partial charge in [0.25, 0.3) is 0 Å². The standard InChI is InChI=1S/C21H20ClF2NO5S/c1-30-21(27)14-2-3-15(19(24)10-14)12-25(16-4-5-18(23)17(22)11-16)20(26)13-6-8-31(28,29)9-7-13/h2-5,10-11,13H,6-9,12H2,1H3. The molecule has 166 valence electrons. The summed E-state index contributed by atoms with van der Waals surface area (Å²) in [6.07, 6.45) is 0.298. The van der Waals surface area contributed by atoms with Gasteiger partial charge in [0.1, 0.15) is 21.5 Å². The highest BCUT2D eigenvalue weighted by atomic mass is 35.5. The van der Waals surface area contributed by atoms with Gasteiger partial charge >= 0.3 is 5.97 Å². The van der Waals surface area contributed by atoms with Crippen LogP contribution >= 0.6 is 11.6 Å². The van der Waals surface area contributed by atoms with Gasteiger partial charge in [-0.2, -0.15) is 0 Å². The van der Waals surface area contributed by atoms with E-state index >= 15 is 0 Å². The van der Waals surface area contributed by atoms with E-state index in [1.54, 1.807) is 0 Å². The van der Waals surface area contributed by atoms with Gasteiger partial charge in [0, 0.05) is 17.2 Å². The number of benzene rings is 2. The molecule has 1 amide bonds. The monoisotopic (exact) mass is 471 g/mol. The fourth-order valence-electron chi connectivity index (χ4n) is 3.40. The molecule has 6 nitrogen and oxygen atoms in total. The van der Waals surface area contributed by atoms with Crippen LogP contribution in [0.15, 0.2) is 36.4 Å². The molecule has 31 heavy (non-hydrogen) atoms. The van der Waals surface area contributed by atoms with Crippen molar-refractivity contribution < 1.29 is 31.5 Å². The summed E-state index contributed by atoms with van der Waals surface area (Å²) in [7, 11) is -2.00. The predicted octanol–water partition coefficient (Wildman–Crippen LogP) is 3.76. The molecule has 0 spiro atoms. The molecule has 1 fully saturated rings. The highest BCUT2D eigenvalue weighted by molar-refractivity contribution is 7.91. The van der Waals surface area contributed by atoms with E-state index in [4.69, 9.17) is 11.6 Å². The zero-order valence-corrected chi connectivity index (χ0v) is 18.2. The predicted molar refractivity (Wildman–Crippen MR) is 112 cm³/mol. The summed E-state index contributed by atoms with van der Waals surface area (Å²) in [5.41, 5.74) is 0.384. The lowest BCUT2D eigenvalue weighted by atomic mass is 10.00. The van der Waals surface area contributed by atoms with Gasteiger partial charge in [-0.15, -0.1) is 0 Å². The summed E-state index contributed by atoms with van der Waals surface area (Å²) in [5, 5.41) is -0.206. The van der Waals surface area contributed by atoms with Crippen molar-refractivity contribution >= 4 is 39.0 Å². The first-order valence-electron chi connectivity index (χ1n) is 9.45. The molecule has 0 bridgehead atoms. The maximum absolute atomic E-state index is 14.7. The number of rotatable bonds is 5. The van der Waals surface area contributed by atoms with Gasteiger partial charge in [-0.05, 0) is 43.2 Å². The van der Waals surface area contributed by atoms with Crippen molar-refractivity contribution in [3.8, 4) is 0 Å². The first kappa shape index (κ1) is 23.1. The Morgan fingerprint density at radius 3 is 2.35 bits per heavy atom. The van der Waals surface area contributed by atoms with Crippen LogP contribution in [0.5, 0.6) is 0 Å². The number of anilines is 1. The Balaban J connectivity index is 1.93. The second kappa shape index (κ2) is 9.32. The number of carbonyl (C=O) groups excluding carboxylic acids is 2. The Hall–Kier alpha value is -2.52. The fraction of sp³-hybridized carbons (Fsp3) is 0.333. The molecule has 0 aromatic heterocycles. The maximum atomic E-state index is 14.7. The zero-order valence-electron chi connectivity index (χ0n) is 16.6. The highest BCUT2D eigenvalue weighted by Crippen LogP contribution is 2.29. The van der Waals surface area contributed by atoms with E-state index in [1.807, 2.05) is 0 Å². The zero-order chi connectivity index (χ0) is 22.8. The van der Waals surface area contributed by atoms with E-state index in [0.717, 1.165) is 12.1 Å². The van der Waals surface area contributed by atoms with Crippen LogP contribution < -0.4 is 4.90 Å². The maximum Gasteiger partial charge on any atom is 0.337 e. The second-order valence-corrected chi connectivity index (χ2v) is 9.96. The van der Waals surface area contributed by atoms with Gasteiger partial charge < -0.3 is 9.64 Å². The molecule has 0 unspecified atom stereocenters. The van der Waals surface area contributed by atoms with E-state index in [9.17, 15) is 26.8 Å². The lowest BCUT2D eigenvalue weighted by Gasteiger charge is -2.30. The molecule has 3 rings (SSSR count). The third-order valence-corrected chi connectivity index (χ3v) is 7.19. The van der Waals surface area contributed by atoms with Crippen molar-refractivity contribution in [2.75, 3.05) is 23.5 Å². The lowest BCUT2D eigenvalue weighted by molar-refractivity contribution is -0.122. The van der Waals surface area contributed by atoms with Crippen molar-refractivity contribution in [3.63, 3.8) is 0 Å². The molecule has 1 heterocycles. The molecule has 1 saturated heterocycles. The molecule has 2 aromatic carbocycles. The summed E-state index contributed by atoms with van der Waals surface area (Å²) < 4.78 is 56.3. The van der Waals surface area contributed by atoms with Gasteiger partial charge in [0.2, 0.25) is 5.91 Å². The number of hydrogen-bond acceptors (Lipinski definition) is 5. The second-order valence-electron chi connectivity index (χ2n) is 7.25. The van der Waals surface area contributed by atoms with Gasteiger partial charge in [-0.3, -0.25) is 4.79 Å². The number of ether oxygens (including phenoxy) is 1. The smallest absolute Gasteiger partial charge is 0.337 e. The average molecular weight is 472 g/mol. The van der Waals surface area contributed by atoms with Crippen molar-refractivity contribution in [3.05, 3.63) is 64.2 Å². The van der Waals surface area contributed by atoms with E-state index in [1.165, 1.54) is 36.3 Å². The summed E-state index contributed by atoms with van der Waals surface area (Å²) >= 11 is 5.87. The third kappa shape index (κ3) is 5.40. The highest BCUT2D eigenvalue weighted by Gasteiger charge is 2.32. The summed E-state index contributed by atoms with van der Waals surface area (Å²) in [6.45, 7) is -0.211. The largest absolute Gasteiger partial charge is 0.465 e. The van der Waals surface area contributed by atoms with Crippen LogP contribution in [0.2, 0.25) is 5.02 Å². The Bertz CT molecular complexity index is 1110. The number of nitrogens with zero attached hydrogens (tertiary/aromatic N) is 1. The molecular weight excluding hydrogens is 452 g/mol. The van der Waals surface area contributed by atoms with Crippen LogP contribution in [0.25, 0.3) is 0 Å². The van der Waals surface area contributed by atoms with Gasteiger partial charge in [0.15, 0.2) is 0 Å². The SMILES string of the molecule is COC(=O)c1ccc(CN(C(=O)C2CCS(=O)(=O)CC2)c2ccc(F)c(Cl)c2)c(F)c1. The number of halogens is 3. The number of carbonyl (C=O) groups is 2. The molecule has 0 radical (unpaired) electrons. The van der Waals surface area contributed by atoms with Crippen LogP contribution in [-0.2, 0) is 25.9 Å². The number of methoxy groups -OCH3 is 1. The van der Waals surface area contributed by atoms with Crippen molar-refractivity contribution in [1.29, 1.82) is 0 Å². The summed E-state index contributed by atoms with van der Waals surface area (Å²) in [6, 6.07) is 7.44. The Kier molecular flexibility index (Phi) is 6.96. The lowest BCUT2D eigenvalue weighted by Crippen LogP contribution is -2.39. The van der Waals surface area contributed by atoms with Gasteiger partial charge in [0.05, 0.1) is 35.7 Å². The van der Waals surface area contributed by atoms with Gasteiger partial charge in [-0.1, -0.05) is 17.7 Å². The Morgan fingerprint density at radius 1 is 1.10 bits per heavy atom. The molecule has 10 heteroatoms. The molecule has 0 atom stereocenters. The van der Waals surface area contributed by atoms with Crippen LogP contribution in [0, 0.1) is 17.6 Å². The number of esters is 1. The van der Waals surface area contributed by atoms with Crippen LogP contribution in [0.3, 0.4) is 0 Å². The van der Waals surface area contributed by atoms with E-state index in [-0.39, 0.29) is 52.7 Å². The quantitative estimate of drug-likeness (QED) is 0.620. The van der Waals surface area contributed by atoms with E-state index < -0.39 is 39.3 Å². The van der Waals surface area contributed by atoms with Gasteiger partial charge in [-0.25, -0.2) is 22.0 Å². The average Bonchev–Trinajstić information content (AvgIpc) is 2.74. The molecule has 1 aliphatic rings. The topological polar surface area (TPSA) is 80.8 Å². The van der Waals surface area contributed by atoms with Crippen molar-refractivity contribution in [1.82, 2.24) is 0 Å². The number of hydrogen-bond donors (Lipinski definition) is 0. The van der Waals surface area contributed by atoms with Crippen LogP contribution in [0.4, 0.5) is 14.5 Å².